The molecule has 0 aromatic heterocycles. The highest BCUT2D eigenvalue weighted by Crippen LogP contribution is 2.29. The molecule has 0 bridgehead atoms. The Morgan fingerprint density at radius 2 is 2.12 bits per heavy atom. The molecular formula is C13H20N2O2. The van der Waals surface area contributed by atoms with Crippen molar-refractivity contribution in [3.8, 4) is 5.75 Å². The van der Waals surface area contributed by atoms with E-state index in [1.54, 1.807) is 7.11 Å². The number of nitrogens with one attached hydrogen (secondary N) is 1. The fraction of sp³-hybridized carbons (Fsp3) is 0.462. The fourth-order valence-corrected chi connectivity index (χ4v) is 1.79. The van der Waals surface area contributed by atoms with E-state index in [2.05, 4.69) is 19.3 Å². The van der Waals surface area contributed by atoms with Gasteiger partial charge in [-0.2, -0.15) is 0 Å². The van der Waals surface area contributed by atoms with Crippen molar-refractivity contribution in [2.45, 2.75) is 33.1 Å². The molecule has 3 N–H and O–H groups in total. The number of rotatable bonds is 4. The Kier molecular flexibility index (Phi) is 4.52. The molecule has 1 amide bonds. The maximum Gasteiger partial charge on any atom is 0.238 e. The minimum absolute atomic E-state index is 0.187. The van der Waals surface area contributed by atoms with Crippen LogP contribution in [0, 0.1) is 6.92 Å². The summed E-state index contributed by atoms with van der Waals surface area (Å²) in [6.07, 6.45) is 0.298. The normalized spacial score (nSPS) is 10.5. The Morgan fingerprint density at radius 1 is 1.47 bits per heavy atom. The number of hydrazine groups is 1. The maximum atomic E-state index is 11.3. The summed E-state index contributed by atoms with van der Waals surface area (Å²) in [7, 11) is 1.66. The Hall–Kier alpha value is -1.55. The third-order valence-corrected chi connectivity index (χ3v) is 2.82. The Bertz CT molecular complexity index is 414. The first-order chi connectivity index (χ1) is 7.99. The van der Waals surface area contributed by atoms with Gasteiger partial charge in [0.25, 0.3) is 0 Å². The lowest BCUT2D eigenvalue weighted by Gasteiger charge is -2.15. The van der Waals surface area contributed by atoms with Crippen LogP contribution in [0.3, 0.4) is 0 Å². The van der Waals surface area contributed by atoms with Crippen molar-refractivity contribution < 1.29 is 9.53 Å². The standard InChI is InChI=1S/C13H20N2O2/c1-8(2)11-6-10(7-13(16)15-14)9(3)5-12(11)17-4/h5-6,8H,7,14H2,1-4H3,(H,15,16). The largest absolute Gasteiger partial charge is 0.496 e. The molecule has 1 aromatic rings. The highest BCUT2D eigenvalue weighted by Gasteiger charge is 2.12. The average molecular weight is 236 g/mol. The molecule has 0 radical (unpaired) electrons. The number of carbonyl (C=O) groups is 1. The van der Waals surface area contributed by atoms with Crippen LogP contribution in [0.1, 0.15) is 36.5 Å². The maximum absolute atomic E-state index is 11.3. The van der Waals surface area contributed by atoms with Crippen molar-refractivity contribution in [1.29, 1.82) is 0 Å². The van der Waals surface area contributed by atoms with Gasteiger partial charge in [0, 0.05) is 0 Å². The number of hydrogen-bond acceptors (Lipinski definition) is 3. The summed E-state index contributed by atoms with van der Waals surface area (Å²) in [5.74, 6) is 6.13. The van der Waals surface area contributed by atoms with E-state index in [9.17, 15) is 4.79 Å². The van der Waals surface area contributed by atoms with Gasteiger partial charge in [-0.05, 0) is 35.6 Å². The van der Waals surface area contributed by atoms with E-state index in [0.717, 1.165) is 22.4 Å². The zero-order valence-corrected chi connectivity index (χ0v) is 10.8. The van der Waals surface area contributed by atoms with Crippen molar-refractivity contribution in [2.75, 3.05) is 7.11 Å². The molecule has 0 aliphatic carbocycles. The van der Waals surface area contributed by atoms with Gasteiger partial charge in [0.1, 0.15) is 5.75 Å². The molecule has 0 atom stereocenters. The third-order valence-electron chi connectivity index (χ3n) is 2.82. The van der Waals surface area contributed by atoms with E-state index in [1.165, 1.54) is 0 Å². The van der Waals surface area contributed by atoms with E-state index in [4.69, 9.17) is 10.6 Å². The number of hydrogen-bond donors (Lipinski definition) is 2. The predicted octanol–water partition coefficient (Wildman–Crippen LogP) is 1.66. The molecule has 0 spiro atoms. The third kappa shape index (κ3) is 3.20. The fourth-order valence-electron chi connectivity index (χ4n) is 1.79. The molecule has 0 aliphatic rings. The van der Waals surface area contributed by atoms with Crippen molar-refractivity contribution >= 4 is 5.91 Å². The van der Waals surface area contributed by atoms with Crippen LogP contribution in [-0.2, 0) is 11.2 Å². The average Bonchev–Trinajstić information content (AvgIpc) is 2.30. The van der Waals surface area contributed by atoms with Crippen LogP contribution in [-0.4, -0.2) is 13.0 Å². The van der Waals surface area contributed by atoms with Crippen LogP contribution in [0.25, 0.3) is 0 Å². The number of nitrogens with two attached hydrogens (primary N) is 1. The van der Waals surface area contributed by atoms with E-state index < -0.39 is 0 Å². The Balaban J connectivity index is 3.15. The van der Waals surface area contributed by atoms with Gasteiger partial charge in [0.05, 0.1) is 13.5 Å². The summed E-state index contributed by atoms with van der Waals surface area (Å²) in [5.41, 5.74) is 5.28. The first kappa shape index (κ1) is 13.5. The van der Waals surface area contributed by atoms with Crippen molar-refractivity contribution in [3.63, 3.8) is 0 Å². The summed E-state index contributed by atoms with van der Waals surface area (Å²) < 4.78 is 5.35. The predicted molar refractivity (Wildman–Crippen MR) is 67.9 cm³/mol. The lowest BCUT2D eigenvalue weighted by molar-refractivity contribution is -0.120. The second-order valence-corrected chi connectivity index (χ2v) is 4.42. The summed E-state index contributed by atoms with van der Waals surface area (Å²) in [4.78, 5) is 11.3. The van der Waals surface area contributed by atoms with E-state index >= 15 is 0 Å². The van der Waals surface area contributed by atoms with Crippen LogP contribution >= 0.6 is 0 Å². The molecule has 1 aromatic carbocycles. The number of carbonyl (C=O) groups excluding carboxylic acids is 1. The minimum atomic E-state index is -0.187. The van der Waals surface area contributed by atoms with Crippen LogP contribution in [0.2, 0.25) is 0 Å². The molecule has 0 unspecified atom stereocenters. The first-order valence-corrected chi connectivity index (χ1v) is 5.66. The van der Waals surface area contributed by atoms with Gasteiger partial charge >= 0.3 is 0 Å². The smallest absolute Gasteiger partial charge is 0.238 e. The van der Waals surface area contributed by atoms with Gasteiger partial charge in [-0.25, -0.2) is 5.84 Å². The summed E-state index contributed by atoms with van der Waals surface area (Å²) in [6, 6.07) is 3.99. The molecule has 4 nitrogen and oxygen atoms in total. The SMILES string of the molecule is COc1cc(C)c(CC(=O)NN)cc1C(C)C. The molecule has 0 aliphatic heterocycles. The molecule has 17 heavy (non-hydrogen) atoms. The zero-order chi connectivity index (χ0) is 13.0. The second kappa shape index (κ2) is 5.68. The topological polar surface area (TPSA) is 64.3 Å². The summed E-state index contributed by atoms with van der Waals surface area (Å²) in [6.45, 7) is 6.16. The van der Waals surface area contributed by atoms with Crippen molar-refractivity contribution in [3.05, 3.63) is 28.8 Å². The number of methoxy groups -OCH3 is 1. The quantitative estimate of drug-likeness (QED) is 0.475. The van der Waals surface area contributed by atoms with Crippen LogP contribution in [0.5, 0.6) is 5.75 Å². The van der Waals surface area contributed by atoms with E-state index in [0.29, 0.717) is 12.3 Å². The Labute approximate surface area is 102 Å². The first-order valence-electron chi connectivity index (χ1n) is 5.66. The highest BCUT2D eigenvalue weighted by atomic mass is 16.5. The van der Waals surface area contributed by atoms with Gasteiger partial charge in [-0.15, -0.1) is 0 Å². The zero-order valence-electron chi connectivity index (χ0n) is 10.8. The van der Waals surface area contributed by atoms with Crippen LogP contribution in [0.4, 0.5) is 0 Å². The molecular weight excluding hydrogens is 216 g/mol. The molecule has 1 rings (SSSR count). The second-order valence-electron chi connectivity index (χ2n) is 4.42. The number of ether oxygens (including phenoxy) is 1. The summed E-state index contributed by atoms with van der Waals surface area (Å²) >= 11 is 0. The highest BCUT2D eigenvalue weighted by molar-refractivity contribution is 5.78. The van der Waals surface area contributed by atoms with Gasteiger partial charge in [-0.1, -0.05) is 19.9 Å². The number of amides is 1. The van der Waals surface area contributed by atoms with E-state index in [1.807, 2.05) is 19.1 Å². The lowest BCUT2D eigenvalue weighted by Crippen LogP contribution is -2.31. The minimum Gasteiger partial charge on any atom is -0.496 e. The molecule has 0 saturated heterocycles. The molecule has 4 heteroatoms. The van der Waals surface area contributed by atoms with Crippen LogP contribution < -0.4 is 16.0 Å². The molecule has 0 saturated carbocycles. The monoisotopic (exact) mass is 236 g/mol. The number of benzene rings is 1. The van der Waals surface area contributed by atoms with Crippen molar-refractivity contribution in [2.24, 2.45) is 5.84 Å². The van der Waals surface area contributed by atoms with Gasteiger partial charge in [-0.3, -0.25) is 10.2 Å². The molecule has 0 fully saturated rings. The Morgan fingerprint density at radius 3 is 2.59 bits per heavy atom. The van der Waals surface area contributed by atoms with Crippen LogP contribution in [0.15, 0.2) is 12.1 Å². The molecule has 94 valence electrons. The lowest BCUT2D eigenvalue weighted by atomic mass is 9.95. The van der Waals surface area contributed by atoms with Crippen molar-refractivity contribution in [1.82, 2.24) is 5.43 Å². The van der Waals surface area contributed by atoms with Gasteiger partial charge in [0.15, 0.2) is 0 Å². The van der Waals surface area contributed by atoms with Gasteiger partial charge in [0.2, 0.25) is 5.91 Å². The van der Waals surface area contributed by atoms with Gasteiger partial charge < -0.3 is 4.74 Å². The van der Waals surface area contributed by atoms with E-state index in [-0.39, 0.29) is 5.91 Å². The molecule has 0 heterocycles. The number of aryl methyl sites for hydroxylation is 1. The summed E-state index contributed by atoms with van der Waals surface area (Å²) in [5, 5.41) is 0.